The summed E-state index contributed by atoms with van der Waals surface area (Å²) >= 11 is 0. The Bertz CT molecular complexity index is 222. The van der Waals surface area contributed by atoms with Gasteiger partial charge >= 0.3 is 0 Å². The molecular formula is C6H9N3O2. The summed E-state index contributed by atoms with van der Waals surface area (Å²) in [5, 5.41) is 0. The van der Waals surface area contributed by atoms with Crippen molar-refractivity contribution < 1.29 is 9.59 Å². The van der Waals surface area contributed by atoms with Gasteiger partial charge in [0.2, 0.25) is 0 Å². The molecule has 0 aliphatic carbocycles. The highest BCUT2D eigenvalue weighted by molar-refractivity contribution is 6.10. The molecule has 5 nitrogen and oxygen atoms in total. The molecule has 5 heteroatoms. The molecule has 11 heavy (non-hydrogen) atoms. The molecule has 0 aromatic carbocycles. The molecule has 0 bridgehead atoms. The van der Waals surface area contributed by atoms with Crippen LogP contribution in [-0.2, 0) is 9.59 Å². The minimum absolute atomic E-state index is 0.0540. The monoisotopic (exact) mass is 155 g/mol. The van der Waals surface area contributed by atoms with E-state index in [1.165, 1.54) is 13.3 Å². The Labute approximate surface area is 63.9 Å². The molecule has 2 amide bonds. The minimum atomic E-state index is -0.650. The molecule has 2 N–H and O–H groups in total. The van der Waals surface area contributed by atoms with E-state index >= 15 is 0 Å². The summed E-state index contributed by atoms with van der Waals surface area (Å²) in [7, 11) is 0. The quantitative estimate of drug-likeness (QED) is 0.513. The van der Waals surface area contributed by atoms with Crippen LogP contribution in [0.25, 0.3) is 0 Å². The highest BCUT2D eigenvalue weighted by atomic mass is 16.2. The van der Waals surface area contributed by atoms with Crippen molar-refractivity contribution in [3.63, 3.8) is 0 Å². The Kier molecular flexibility index (Phi) is 2.00. The van der Waals surface area contributed by atoms with Gasteiger partial charge in [-0.1, -0.05) is 0 Å². The lowest BCUT2D eigenvalue weighted by molar-refractivity contribution is -0.138. The SMILES string of the molecule is C[C@H](N)C(=O)N1C=NCC1=O. The second kappa shape index (κ2) is 2.79. The third-order valence-electron chi connectivity index (χ3n) is 1.32. The summed E-state index contributed by atoms with van der Waals surface area (Å²) < 4.78 is 0. The predicted molar refractivity (Wildman–Crippen MR) is 38.9 cm³/mol. The van der Waals surface area contributed by atoms with Crippen LogP contribution in [0.15, 0.2) is 4.99 Å². The molecule has 1 atom stereocenters. The van der Waals surface area contributed by atoms with Crippen molar-refractivity contribution in [1.82, 2.24) is 4.90 Å². The fraction of sp³-hybridized carbons (Fsp3) is 0.500. The van der Waals surface area contributed by atoms with Crippen LogP contribution in [0.3, 0.4) is 0 Å². The van der Waals surface area contributed by atoms with Gasteiger partial charge in [0.05, 0.1) is 12.4 Å². The van der Waals surface area contributed by atoms with Crippen LogP contribution < -0.4 is 5.73 Å². The molecule has 0 fully saturated rings. The molecule has 0 aromatic rings. The highest BCUT2D eigenvalue weighted by Crippen LogP contribution is 1.97. The van der Waals surface area contributed by atoms with E-state index < -0.39 is 11.9 Å². The lowest BCUT2D eigenvalue weighted by Gasteiger charge is -2.11. The summed E-state index contributed by atoms with van der Waals surface area (Å²) in [6, 6.07) is -0.650. The molecule has 1 aliphatic heterocycles. The van der Waals surface area contributed by atoms with E-state index in [2.05, 4.69) is 4.99 Å². The lowest BCUT2D eigenvalue weighted by atomic mass is 10.3. The van der Waals surface area contributed by atoms with Crippen molar-refractivity contribution >= 4 is 18.2 Å². The van der Waals surface area contributed by atoms with E-state index in [1.807, 2.05) is 0 Å². The van der Waals surface area contributed by atoms with Gasteiger partial charge in [0.1, 0.15) is 6.54 Å². The zero-order chi connectivity index (χ0) is 8.43. The molecule has 1 aliphatic rings. The Morgan fingerprint density at radius 2 is 2.55 bits per heavy atom. The first-order chi connectivity index (χ1) is 5.13. The molecule has 0 aromatic heterocycles. The van der Waals surface area contributed by atoms with Crippen molar-refractivity contribution in [1.29, 1.82) is 0 Å². The third kappa shape index (κ3) is 1.43. The second-order valence-electron chi connectivity index (χ2n) is 2.35. The number of aliphatic imine (C=N–C) groups is 1. The van der Waals surface area contributed by atoms with E-state index in [0.29, 0.717) is 0 Å². The van der Waals surface area contributed by atoms with Crippen molar-refractivity contribution in [3.05, 3.63) is 0 Å². The van der Waals surface area contributed by atoms with E-state index in [0.717, 1.165) is 4.90 Å². The Hall–Kier alpha value is -1.23. The van der Waals surface area contributed by atoms with Gasteiger partial charge in [-0.05, 0) is 6.92 Å². The maximum atomic E-state index is 11.0. The van der Waals surface area contributed by atoms with Crippen LogP contribution in [0.4, 0.5) is 0 Å². The van der Waals surface area contributed by atoms with Gasteiger partial charge in [-0.3, -0.25) is 14.6 Å². The number of hydrogen-bond donors (Lipinski definition) is 1. The zero-order valence-electron chi connectivity index (χ0n) is 6.15. The highest BCUT2D eigenvalue weighted by Gasteiger charge is 2.25. The average molecular weight is 155 g/mol. The van der Waals surface area contributed by atoms with E-state index in [4.69, 9.17) is 5.73 Å². The number of rotatable bonds is 1. The fourth-order valence-corrected chi connectivity index (χ4v) is 0.740. The third-order valence-corrected chi connectivity index (χ3v) is 1.32. The average Bonchev–Trinajstić information content (AvgIpc) is 2.33. The molecular weight excluding hydrogens is 146 g/mol. The lowest BCUT2D eigenvalue weighted by Crippen LogP contribution is -2.42. The molecule has 0 spiro atoms. The summed E-state index contributed by atoms with van der Waals surface area (Å²) in [6.07, 6.45) is 1.22. The van der Waals surface area contributed by atoms with Gasteiger partial charge in [0.25, 0.3) is 11.8 Å². The summed E-state index contributed by atoms with van der Waals surface area (Å²) in [4.78, 5) is 26.5. The van der Waals surface area contributed by atoms with Crippen LogP contribution in [-0.4, -0.2) is 35.6 Å². The van der Waals surface area contributed by atoms with E-state index in [1.54, 1.807) is 0 Å². The normalized spacial score (nSPS) is 19.1. The first-order valence-electron chi connectivity index (χ1n) is 3.24. The fourth-order valence-electron chi connectivity index (χ4n) is 0.740. The van der Waals surface area contributed by atoms with Crippen molar-refractivity contribution in [3.8, 4) is 0 Å². The van der Waals surface area contributed by atoms with Crippen LogP contribution in [0.2, 0.25) is 0 Å². The number of hydrogen-bond acceptors (Lipinski definition) is 4. The first-order valence-corrected chi connectivity index (χ1v) is 3.24. The molecule has 1 heterocycles. The second-order valence-corrected chi connectivity index (χ2v) is 2.35. The Morgan fingerprint density at radius 3 is 2.91 bits per heavy atom. The number of carbonyl (C=O) groups excluding carboxylic acids is 2. The largest absolute Gasteiger partial charge is 0.320 e. The number of carbonyl (C=O) groups is 2. The standard InChI is InChI=1S/C6H9N3O2/c1-4(7)6(11)9-3-8-2-5(9)10/h3-4H,2,7H2,1H3/t4-/m0/s1. The molecule has 1 rings (SSSR count). The van der Waals surface area contributed by atoms with Crippen molar-refractivity contribution in [2.24, 2.45) is 10.7 Å². The summed E-state index contributed by atoms with van der Waals surface area (Å²) in [6.45, 7) is 1.58. The number of imide groups is 1. The van der Waals surface area contributed by atoms with Crippen LogP contribution in [0.5, 0.6) is 0 Å². The van der Waals surface area contributed by atoms with Gasteiger partial charge in [-0.15, -0.1) is 0 Å². The maximum absolute atomic E-state index is 11.0. The Morgan fingerprint density at radius 1 is 1.91 bits per heavy atom. The summed E-state index contributed by atoms with van der Waals surface area (Å²) in [5.41, 5.74) is 5.27. The van der Waals surface area contributed by atoms with Crippen LogP contribution in [0.1, 0.15) is 6.92 Å². The minimum Gasteiger partial charge on any atom is -0.320 e. The predicted octanol–water partition coefficient (Wildman–Crippen LogP) is -1.27. The Balaban J connectivity index is 2.67. The molecule has 0 radical (unpaired) electrons. The van der Waals surface area contributed by atoms with Gasteiger partial charge in [-0.25, -0.2) is 4.90 Å². The number of nitrogens with zero attached hydrogens (tertiary/aromatic N) is 2. The van der Waals surface area contributed by atoms with Gasteiger partial charge in [0.15, 0.2) is 0 Å². The van der Waals surface area contributed by atoms with Crippen molar-refractivity contribution in [2.75, 3.05) is 6.54 Å². The molecule has 0 saturated heterocycles. The molecule has 0 saturated carbocycles. The van der Waals surface area contributed by atoms with E-state index in [9.17, 15) is 9.59 Å². The van der Waals surface area contributed by atoms with Gasteiger partial charge < -0.3 is 5.73 Å². The maximum Gasteiger partial charge on any atom is 0.256 e. The number of amides is 2. The number of nitrogens with two attached hydrogens (primary N) is 1. The van der Waals surface area contributed by atoms with Gasteiger partial charge in [-0.2, -0.15) is 0 Å². The smallest absolute Gasteiger partial charge is 0.256 e. The van der Waals surface area contributed by atoms with Crippen molar-refractivity contribution in [2.45, 2.75) is 13.0 Å². The molecule has 0 unspecified atom stereocenters. The zero-order valence-corrected chi connectivity index (χ0v) is 6.15. The van der Waals surface area contributed by atoms with Crippen LogP contribution >= 0.6 is 0 Å². The first kappa shape index (κ1) is 7.87. The van der Waals surface area contributed by atoms with Crippen LogP contribution in [0, 0.1) is 0 Å². The molecule has 60 valence electrons. The topological polar surface area (TPSA) is 75.8 Å². The van der Waals surface area contributed by atoms with Gasteiger partial charge in [0, 0.05) is 0 Å². The van der Waals surface area contributed by atoms with E-state index in [-0.39, 0.29) is 12.5 Å². The summed E-state index contributed by atoms with van der Waals surface area (Å²) in [5.74, 6) is -0.719.